The third-order valence-corrected chi connectivity index (χ3v) is 1.82. The van der Waals surface area contributed by atoms with Crippen molar-refractivity contribution < 1.29 is 4.79 Å². The molecule has 1 rings (SSSR count). The van der Waals surface area contributed by atoms with E-state index in [0.717, 1.165) is 5.56 Å². The Balaban J connectivity index is 2.85. The quantitative estimate of drug-likeness (QED) is 0.641. The van der Waals surface area contributed by atoms with Gasteiger partial charge in [-0.25, -0.2) is 0 Å². The molecule has 0 saturated heterocycles. The number of ketones is 1. The van der Waals surface area contributed by atoms with Crippen molar-refractivity contribution in [1.29, 1.82) is 0 Å². The molecular weight excluding hydrogens is 138 g/mol. The van der Waals surface area contributed by atoms with Crippen LogP contribution in [0.4, 0.5) is 0 Å². The maximum atomic E-state index is 10.9. The van der Waals surface area contributed by atoms with Crippen LogP contribution < -0.4 is 0 Å². The van der Waals surface area contributed by atoms with E-state index in [9.17, 15) is 4.79 Å². The van der Waals surface area contributed by atoms with Gasteiger partial charge in [-0.15, -0.1) is 0 Å². The average molecular weight is 149 g/mol. The minimum absolute atomic E-state index is 0.00185. The first kappa shape index (κ1) is 7.92. The zero-order valence-corrected chi connectivity index (χ0v) is 6.74. The fraction of sp³-hybridized carbons (Fsp3) is 0.333. The lowest BCUT2D eigenvalue weighted by atomic mass is 9.99. The second kappa shape index (κ2) is 3.28. The highest BCUT2D eigenvalue weighted by atomic mass is 16.1. The number of carbonyl (C=O) groups excluding carboxylic acids is 1. The zero-order chi connectivity index (χ0) is 8.27. The van der Waals surface area contributed by atoms with Crippen molar-refractivity contribution in [3.8, 4) is 0 Å². The minimum Gasteiger partial charge on any atom is -0.299 e. The van der Waals surface area contributed by atoms with Gasteiger partial charge in [0.1, 0.15) is 5.78 Å². The summed E-state index contributed by atoms with van der Waals surface area (Å²) in [4.78, 5) is 14.8. The molecule has 11 heavy (non-hydrogen) atoms. The molecule has 0 fully saturated rings. The second-order valence-corrected chi connectivity index (χ2v) is 2.61. The number of hydrogen-bond donors (Lipinski definition) is 0. The van der Waals surface area contributed by atoms with E-state index in [4.69, 9.17) is 0 Å². The molecule has 0 aliphatic carbocycles. The molecule has 0 bridgehead atoms. The molecular formula is C9H11NO. The van der Waals surface area contributed by atoms with Crippen molar-refractivity contribution in [2.24, 2.45) is 0 Å². The summed E-state index contributed by atoms with van der Waals surface area (Å²) in [6, 6.07) is 3.73. The molecule has 1 unspecified atom stereocenters. The van der Waals surface area contributed by atoms with E-state index < -0.39 is 0 Å². The predicted molar refractivity (Wildman–Crippen MR) is 43.3 cm³/mol. The topological polar surface area (TPSA) is 30.0 Å². The van der Waals surface area contributed by atoms with E-state index >= 15 is 0 Å². The third-order valence-electron chi connectivity index (χ3n) is 1.82. The number of hydrogen-bond acceptors (Lipinski definition) is 2. The Bertz CT molecular complexity index is 243. The van der Waals surface area contributed by atoms with Gasteiger partial charge in [0.2, 0.25) is 0 Å². The molecule has 0 aliphatic heterocycles. The molecule has 1 aromatic heterocycles. The van der Waals surface area contributed by atoms with Crippen LogP contribution in [0.3, 0.4) is 0 Å². The van der Waals surface area contributed by atoms with Gasteiger partial charge in [-0.1, -0.05) is 6.92 Å². The molecule has 58 valence electrons. The summed E-state index contributed by atoms with van der Waals surface area (Å²) in [7, 11) is 0. The molecule has 0 amide bonds. The van der Waals surface area contributed by atoms with Crippen LogP contribution in [-0.2, 0) is 4.79 Å². The van der Waals surface area contributed by atoms with Crippen LogP contribution in [0.25, 0.3) is 0 Å². The Morgan fingerprint density at radius 1 is 1.45 bits per heavy atom. The van der Waals surface area contributed by atoms with E-state index in [0.29, 0.717) is 0 Å². The molecule has 1 heterocycles. The third kappa shape index (κ3) is 1.87. The lowest BCUT2D eigenvalue weighted by Crippen LogP contribution is -2.03. The number of pyridine rings is 1. The molecule has 0 N–H and O–H groups in total. The maximum Gasteiger partial charge on any atom is 0.136 e. The van der Waals surface area contributed by atoms with Gasteiger partial charge in [0.25, 0.3) is 0 Å². The first-order valence-electron chi connectivity index (χ1n) is 3.62. The van der Waals surface area contributed by atoms with Gasteiger partial charge < -0.3 is 0 Å². The Hall–Kier alpha value is -1.18. The summed E-state index contributed by atoms with van der Waals surface area (Å²) in [6.07, 6.45) is 3.41. The lowest BCUT2D eigenvalue weighted by molar-refractivity contribution is -0.118. The number of Topliss-reactive ketones (excluding diaryl/α,β-unsaturated/α-hetero) is 1. The summed E-state index contributed by atoms with van der Waals surface area (Å²) in [5.74, 6) is 0.189. The molecule has 0 spiro atoms. The monoisotopic (exact) mass is 149 g/mol. The van der Waals surface area contributed by atoms with Crippen LogP contribution >= 0.6 is 0 Å². The van der Waals surface area contributed by atoms with Gasteiger partial charge in [0.05, 0.1) is 0 Å². The summed E-state index contributed by atoms with van der Waals surface area (Å²) in [6.45, 7) is 3.50. The Kier molecular flexibility index (Phi) is 2.36. The lowest BCUT2D eigenvalue weighted by Gasteiger charge is -2.05. The summed E-state index contributed by atoms with van der Waals surface area (Å²) >= 11 is 0. The molecule has 0 aliphatic rings. The number of rotatable bonds is 2. The van der Waals surface area contributed by atoms with Gasteiger partial charge in [-0.2, -0.15) is 0 Å². The Morgan fingerprint density at radius 2 is 2.00 bits per heavy atom. The van der Waals surface area contributed by atoms with Crippen LogP contribution in [0.1, 0.15) is 25.3 Å². The maximum absolute atomic E-state index is 10.9. The summed E-state index contributed by atoms with van der Waals surface area (Å²) < 4.78 is 0. The van der Waals surface area contributed by atoms with Crippen LogP contribution in [0.15, 0.2) is 24.5 Å². The highest BCUT2D eigenvalue weighted by Gasteiger charge is 2.08. The molecule has 0 saturated carbocycles. The standard InChI is InChI=1S/C9H11NO/c1-7(8(2)11)9-3-5-10-6-4-9/h3-7H,1-2H3. The zero-order valence-electron chi connectivity index (χ0n) is 6.74. The Morgan fingerprint density at radius 3 is 2.45 bits per heavy atom. The van der Waals surface area contributed by atoms with Crippen molar-refractivity contribution in [2.45, 2.75) is 19.8 Å². The van der Waals surface area contributed by atoms with Crippen LogP contribution in [0.2, 0.25) is 0 Å². The van der Waals surface area contributed by atoms with Crippen molar-refractivity contribution >= 4 is 5.78 Å². The summed E-state index contributed by atoms with van der Waals surface area (Å²) in [5.41, 5.74) is 1.03. The normalized spacial score (nSPS) is 12.5. The molecule has 0 aromatic carbocycles. The van der Waals surface area contributed by atoms with Crippen LogP contribution in [0.5, 0.6) is 0 Å². The number of aromatic nitrogens is 1. The minimum atomic E-state index is -0.00185. The SMILES string of the molecule is CC(=O)C(C)c1ccncc1. The largest absolute Gasteiger partial charge is 0.299 e. The number of nitrogens with zero attached hydrogens (tertiary/aromatic N) is 1. The second-order valence-electron chi connectivity index (χ2n) is 2.61. The summed E-state index contributed by atoms with van der Waals surface area (Å²) in [5, 5.41) is 0. The van der Waals surface area contributed by atoms with Gasteiger partial charge in [0, 0.05) is 18.3 Å². The van der Waals surface area contributed by atoms with E-state index in [1.165, 1.54) is 0 Å². The van der Waals surface area contributed by atoms with Crippen LogP contribution in [-0.4, -0.2) is 10.8 Å². The fourth-order valence-corrected chi connectivity index (χ4v) is 0.887. The van der Waals surface area contributed by atoms with Crippen LogP contribution in [0, 0.1) is 0 Å². The molecule has 2 heteroatoms. The molecule has 1 aromatic rings. The molecule has 2 nitrogen and oxygen atoms in total. The van der Waals surface area contributed by atoms with Crippen molar-refractivity contribution in [1.82, 2.24) is 4.98 Å². The number of carbonyl (C=O) groups is 1. The highest BCUT2D eigenvalue weighted by molar-refractivity contribution is 5.82. The van der Waals surface area contributed by atoms with Gasteiger partial charge >= 0.3 is 0 Å². The van der Waals surface area contributed by atoms with E-state index in [2.05, 4.69) is 4.98 Å². The Labute approximate surface area is 66.3 Å². The van der Waals surface area contributed by atoms with E-state index in [1.54, 1.807) is 19.3 Å². The van der Waals surface area contributed by atoms with Gasteiger partial charge in [-0.05, 0) is 24.6 Å². The first-order valence-corrected chi connectivity index (χ1v) is 3.62. The van der Waals surface area contributed by atoms with Crippen molar-refractivity contribution in [3.05, 3.63) is 30.1 Å². The highest BCUT2D eigenvalue weighted by Crippen LogP contribution is 2.13. The first-order chi connectivity index (χ1) is 5.22. The smallest absolute Gasteiger partial charge is 0.136 e. The predicted octanol–water partition coefficient (Wildman–Crippen LogP) is 1.77. The van der Waals surface area contributed by atoms with Crippen molar-refractivity contribution in [3.63, 3.8) is 0 Å². The fourth-order valence-electron chi connectivity index (χ4n) is 0.887. The van der Waals surface area contributed by atoms with Crippen molar-refractivity contribution in [2.75, 3.05) is 0 Å². The van der Waals surface area contributed by atoms with E-state index in [-0.39, 0.29) is 11.7 Å². The van der Waals surface area contributed by atoms with E-state index in [1.807, 2.05) is 19.1 Å². The average Bonchev–Trinajstić information content (AvgIpc) is 2.05. The molecule has 1 atom stereocenters. The van der Waals surface area contributed by atoms with Gasteiger partial charge in [0.15, 0.2) is 0 Å². The molecule has 0 radical (unpaired) electrons. The van der Waals surface area contributed by atoms with Gasteiger partial charge in [-0.3, -0.25) is 9.78 Å².